The second-order valence-electron chi connectivity index (χ2n) is 14.0. The number of phenolic OH excluding ortho intramolecular Hbond substituents is 1. The molecule has 284 valence electrons. The predicted molar refractivity (Wildman–Crippen MR) is 213 cm³/mol. The van der Waals surface area contributed by atoms with Crippen LogP contribution in [0.5, 0.6) is 17.2 Å². The number of imide groups is 1. The molecule has 11 heteroatoms. The van der Waals surface area contributed by atoms with E-state index < -0.39 is 11.9 Å². The Morgan fingerprint density at radius 2 is 1.42 bits per heavy atom. The van der Waals surface area contributed by atoms with E-state index in [2.05, 4.69) is 63.4 Å². The number of carbonyl (C=O) groups excluding carboxylic acids is 2. The summed E-state index contributed by atoms with van der Waals surface area (Å²) in [6.45, 7) is 10.2. The lowest BCUT2D eigenvalue weighted by atomic mass is 9.88. The van der Waals surface area contributed by atoms with Gasteiger partial charge in [-0.05, 0) is 84.0 Å². The van der Waals surface area contributed by atoms with E-state index in [-0.39, 0.29) is 30.1 Å². The van der Waals surface area contributed by atoms with E-state index in [0.29, 0.717) is 35.7 Å². The Bertz CT molecular complexity index is 2230. The van der Waals surface area contributed by atoms with E-state index in [1.54, 1.807) is 31.2 Å². The summed E-state index contributed by atoms with van der Waals surface area (Å²) in [6.07, 6.45) is 1.31. The number of ether oxygens (including phenoxy) is 2. The number of phenols is 1. The lowest BCUT2D eigenvalue weighted by Gasteiger charge is -2.34. The molecule has 1 aromatic heterocycles. The maximum absolute atomic E-state index is 13.5. The SMILES string of the molecule is CC/C(=C(\c1ccc(O)cc1)c1ccc(OCCN2CCN(CCOc3cccc4c(=O)n(C5CCC(=O)NC5=O)c(C)nc34)CC2)cc1)c1ccccc1. The van der Waals surface area contributed by atoms with Crippen molar-refractivity contribution in [2.75, 3.05) is 52.5 Å². The lowest BCUT2D eigenvalue weighted by Crippen LogP contribution is -2.48. The minimum Gasteiger partial charge on any atom is -0.508 e. The summed E-state index contributed by atoms with van der Waals surface area (Å²) >= 11 is 0. The van der Waals surface area contributed by atoms with E-state index in [0.717, 1.165) is 68.1 Å². The van der Waals surface area contributed by atoms with Crippen LogP contribution in [0.3, 0.4) is 0 Å². The monoisotopic (exact) mass is 741 g/mol. The van der Waals surface area contributed by atoms with Gasteiger partial charge < -0.3 is 14.6 Å². The normalized spacial score (nSPS) is 17.2. The van der Waals surface area contributed by atoms with Gasteiger partial charge in [0, 0.05) is 45.7 Å². The van der Waals surface area contributed by atoms with Crippen molar-refractivity contribution in [2.45, 2.75) is 39.2 Å². The number of rotatable bonds is 13. The van der Waals surface area contributed by atoms with Gasteiger partial charge in [-0.25, -0.2) is 4.98 Å². The number of carbonyl (C=O) groups is 2. The topological polar surface area (TPSA) is 126 Å². The molecule has 2 amide bonds. The maximum atomic E-state index is 13.5. The molecular weight excluding hydrogens is 695 g/mol. The molecule has 0 aliphatic carbocycles. The molecular formula is C44H47N5O6. The molecule has 2 saturated heterocycles. The van der Waals surface area contributed by atoms with Crippen LogP contribution in [0.4, 0.5) is 0 Å². The third-order valence-corrected chi connectivity index (χ3v) is 10.5. The predicted octanol–water partition coefficient (Wildman–Crippen LogP) is 5.83. The fourth-order valence-electron chi connectivity index (χ4n) is 7.55. The molecule has 2 aliphatic rings. The number of para-hydroxylation sites is 1. The highest BCUT2D eigenvalue weighted by molar-refractivity contribution is 6.00. The van der Waals surface area contributed by atoms with Crippen molar-refractivity contribution in [1.29, 1.82) is 0 Å². The number of amides is 2. The van der Waals surface area contributed by atoms with Gasteiger partial charge in [0.2, 0.25) is 11.8 Å². The molecule has 0 bridgehead atoms. The fourth-order valence-corrected chi connectivity index (χ4v) is 7.55. The summed E-state index contributed by atoms with van der Waals surface area (Å²) in [5.41, 5.74) is 5.87. The summed E-state index contributed by atoms with van der Waals surface area (Å²) in [5, 5.41) is 12.7. The zero-order chi connectivity index (χ0) is 38.3. The molecule has 0 radical (unpaired) electrons. The van der Waals surface area contributed by atoms with E-state index in [9.17, 15) is 19.5 Å². The zero-order valence-electron chi connectivity index (χ0n) is 31.4. The van der Waals surface area contributed by atoms with Crippen LogP contribution in [0.25, 0.3) is 22.0 Å². The molecule has 0 saturated carbocycles. The van der Waals surface area contributed by atoms with Gasteiger partial charge in [0.05, 0.1) is 5.39 Å². The fraction of sp³-hybridized carbons (Fsp3) is 0.318. The van der Waals surface area contributed by atoms with Crippen LogP contribution < -0.4 is 20.3 Å². The van der Waals surface area contributed by atoms with Crippen LogP contribution in [0.2, 0.25) is 0 Å². The molecule has 55 heavy (non-hydrogen) atoms. The summed E-state index contributed by atoms with van der Waals surface area (Å²) in [5.74, 6) is 1.21. The van der Waals surface area contributed by atoms with Crippen molar-refractivity contribution in [1.82, 2.24) is 24.7 Å². The number of piperazine rings is 1. The van der Waals surface area contributed by atoms with Gasteiger partial charge in [-0.2, -0.15) is 0 Å². The third-order valence-electron chi connectivity index (χ3n) is 10.5. The van der Waals surface area contributed by atoms with Gasteiger partial charge in [0.1, 0.15) is 47.8 Å². The van der Waals surface area contributed by atoms with Crippen LogP contribution in [-0.4, -0.2) is 88.8 Å². The van der Waals surface area contributed by atoms with Gasteiger partial charge in [0.15, 0.2) is 0 Å². The van der Waals surface area contributed by atoms with Crippen molar-refractivity contribution < 1.29 is 24.2 Å². The highest BCUT2D eigenvalue weighted by Crippen LogP contribution is 2.35. The van der Waals surface area contributed by atoms with E-state index in [4.69, 9.17) is 9.47 Å². The number of allylic oxidation sites excluding steroid dienone is 1. The molecule has 7 rings (SSSR count). The van der Waals surface area contributed by atoms with Crippen molar-refractivity contribution in [3.8, 4) is 17.2 Å². The summed E-state index contributed by atoms with van der Waals surface area (Å²) in [7, 11) is 0. The maximum Gasteiger partial charge on any atom is 0.262 e. The molecule has 3 heterocycles. The lowest BCUT2D eigenvalue weighted by molar-refractivity contribution is -0.135. The Morgan fingerprint density at radius 1 is 0.782 bits per heavy atom. The molecule has 2 fully saturated rings. The second kappa shape index (κ2) is 17.1. The number of piperidine rings is 1. The van der Waals surface area contributed by atoms with Gasteiger partial charge >= 0.3 is 0 Å². The van der Waals surface area contributed by atoms with Crippen molar-refractivity contribution in [2.24, 2.45) is 0 Å². The Labute approximate surface area is 320 Å². The highest BCUT2D eigenvalue weighted by Gasteiger charge is 2.31. The van der Waals surface area contributed by atoms with E-state index in [1.807, 2.05) is 36.4 Å². The zero-order valence-corrected chi connectivity index (χ0v) is 31.4. The Morgan fingerprint density at radius 3 is 2.05 bits per heavy atom. The molecule has 4 aromatic carbocycles. The van der Waals surface area contributed by atoms with Gasteiger partial charge in [0.25, 0.3) is 5.56 Å². The third kappa shape index (κ3) is 8.64. The smallest absolute Gasteiger partial charge is 0.262 e. The van der Waals surface area contributed by atoms with Crippen molar-refractivity contribution in [3.63, 3.8) is 0 Å². The molecule has 1 unspecified atom stereocenters. The number of aryl methyl sites for hydroxylation is 1. The first-order chi connectivity index (χ1) is 26.8. The van der Waals surface area contributed by atoms with Gasteiger partial charge in [-0.3, -0.25) is 34.1 Å². The van der Waals surface area contributed by atoms with Gasteiger partial charge in [-0.1, -0.05) is 67.6 Å². The standard InChI is InChI=1S/C44H47N5O6/c1-3-36(31-8-5-4-6-9-31)41(32-12-16-34(50)17-13-32)33-14-18-35(19-15-33)54-28-26-47-22-24-48(25-23-47)27-29-55-39-11-7-10-37-42(39)45-30(2)49(44(37)53)38-20-21-40(51)46-43(38)52/h4-19,38,50H,3,20-29H2,1-2H3,(H,46,51,52)/b41-36-. The quantitative estimate of drug-likeness (QED) is 0.113. The number of nitrogens with one attached hydrogen (secondary N) is 1. The molecule has 5 aromatic rings. The molecule has 11 nitrogen and oxygen atoms in total. The molecule has 0 spiro atoms. The summed E-state index contributed by atoms with van der Waals surface area (Å²) in [4.78, 5) is 47.1. The average Bonchev–Trinajstić information content (AvgIpc) is 3.20. The van der Waals surface area contributed by atoms with E-state index >= 15 is 0 Å². The number of fused-ring (bicyclic) bond motifs is 1. The Kier molecular flexibility index (Phi) is 11.7. The van der Waals surface area contributed by atoms with Crippen LogP contribution >= 0.6 is 0 Å². The first-order valence-electron chi connectivity index (χ1n) is 19.0. The second-order valence-corrected chi connectivity index (χ2v) is 14.0. The van der Waals surface area contributed by atoms with Crippen LogP contribution in [-0.2, 0) is 9.59 Å². The number of hydrogen-bond acceptors (Lipinski definition) is 9. The highest BCUT2D eigenvalue weighted by atomic mass is 16.5. The molecule has 2 aliphatic heterocycles. The van der Waals surface area contributed by atoms with Crippen LogP contribution in [0.15, 0.2) is 102 Å². The minimum absolute atomic E-state index is 0.180. The minimum atomic E-state index is -0.766. The molecule has 2 N–H and O–H groups in total. The van der Waals surface area contributed by atoms with Crippen LogP contribution in [0, 0.1) is 6.92 Å². The van der Waals surface area contributed by atoms with Crippen molar-refractivity contribution in [3.05, 3.63) is 130 Å². The Balaban J connectivity index is 0.900. The number of aromatic hydroxyl groups is 1. The van der Waals surface area contributed by atoms with Crippen molar-refractivity contribution >= 4 is 33.9 Å². The van der Waals surface area contributed by atoms with E-state index in [1.165, 1.54) is 15.7 Å². The number of nitrogens with zero attached hydrogens (tertiary/aromatic N) is 4. The number of benzene rings is 4. The number of aromatic nitrogens is 2. The first-order valence-corrected chi connectivity index (χ1v) is 19.0. The largest absolute Gasteiger partial charge is 0.508 e. The first kappa shape index (κ1) is 37.5. The van der Waals surface area contributed by atoms with Gasteiger partial charge in [-0.15, -0.1) is 0 Å². The average molecular weight is 742 g/mol. The molecule has 1 atom stereocenters. The summed E-state index contributed by atoms with van der Waals surface area (Å²) < 4.78 is 13.7. The van der Waals surface area contributed by atoms with Crippen LogP contribution in [0.1, 0.15) is 54.7 Å². The number of hydrogen-bond donors (Lipinski definition) is 2. The Hall–Kier alpha value is -5.78. The summed E-state index contributed by atoms with van der Waals surface area (Å²) in [6, 6.07) is 30.6.